The van der Waals surface area contributed by atoms with Crippen LogP contribution in [0.25, 0.3) is 0 Å². The maximum Gasteiger partial charge on any atom is 0.303 e. The minimum atomic E-state index is -0.764. The van der Waals surface area contributed by atoms with Crippen LogP contribution in [0.15, 0.2) is 24.3 Å². The lowest BCUT2D eigenvalue weighted by Crippen LogP contribution is -2.24. The van der Waals surface area contributed by atoms with Crippen LogP contribution >= 0.6 is 0 Å². The molecule has 0 saturated heterocycles. The summed E-state index contributed by atoms with van der Waals surface area (Å²) in [6.45, 7) is 0.575. The van der Waals surface area contributed by atoms with Gasteiger partial charge in [-0.2, -0.15) is 0 Å². The smallest absolute Gasteiger partial charge is 0.303 e. The monoisotopic (exact) mass is 332 g/mol. The SMILES string of the molecule is O=C(O)CCCCCCNC(=O)c1ccc(NC(=O)C2CC2)cc1. The number of carbonyl (C=O) groups is 3. The molecule has 0 unspecified atom stereocenters. The third kappa shape index (κ3) is 6.40. The van der Waals surface area contributed by atoms with Gasteiger partial charge in [-0.1, -0.05) is 12.8 Å². The molecule has 1 aromatic carbocycles. The van der Waals surface area contributed by atoms with Crippen LogP contribution in [-0.2, 0) is 9.59 Å². The molecule has 0 heterocycles. The Morgan fingerprint density at radius 1 is 1.00 bits per heavy atom. The molecule has 0 aliphatic heterocycles. The van der Waals surface area contributed by atoms with Crippen LogP contribution in [-0.4, -0.2) is 29.4 Å². The Kier molecular flexibility index (Phi) is 6.78. The molecule has 24 heavy (non-hydrogen) atoms. The lowest BCUT2D eigenvalue weighted by Gasteiger charge is -2.07. The third-order valence-corrected chi connectivity index (χ3v) is 3.97. The molecule has 6 nitrogen and oxygen atoms in total. The van der Waals surface area contributed by atoms with Crippen molar-refractivity contribution in [2.45, 2.75) is 44.9 Å². The van der Waals surface area contributed by atoms with Crippen molar-refractivity contribution in [3.63, 3.8) is 0 Å². The van der Waals surface area contributed by atoms with Crippen LogP contribution in [0.3, 0.4) is 0 Å². The maximum atomic E-state index is 12.0. The highest BCUT2D eigenvalue weighted by atomic mass is 16.4. The van der Waals surface area contributed by atoms with Crippen molar-refractivity contribution < 1.29 is 19.5 Å². The summed E-state index contributed by atoms with van der Waals surface area (Å²) in [7, 11) is 0. The van der Waals surface area contributed by atoms with E-state index < -0.39 is 5.97 Å². The van der Waals surface area contributed by atoms with Crippen molar-refractivity contribution in [1.82, 2.24) is 5.32 Å². The minimum absolute atomic E-state index is 0.0510. The molecular weight excluding hydrogens is 308 g/mol. The predicted molar refractivity (Wildman–Crippen MR) is 90.8 cm³/mol. The van der Waals surface area contributed by atoms with Crippen LogP contribution < -0.4 is 10.6 Å². The molecule has 1 aromatic rings. The second kappa shape index (κ2) is 9.05. The average molecular weight is 332 g/mol. The van der Waals surface area contributed by atoms with Gasteiger partial charge in [0, 0.05) is 30.1 Å². The number of carbonyl (C=O) groups excluding carboxylic acids is 2. The van der Waals surface area contributed by atoms with Gasteiger partial charge in [-0.15, -0.1) is 0 Å². The van der Waals surface area contributed by atoms with Crippen LogP contribution in [0.4, 0.5) is 5.69 Å². The first-order valence-corrected chi connectivity index (χ1v) is 8.47. The summed E-state index contributed by atoms with van der Waals surface area (Å²) in [5, 5.41) is 14.2. The zero-order chi connectivity index (χ0) is 17.4. The van der Waals surface area contributed by atoms with Gasteiger partial charge in [0.2, 0.25) is 5.91 Å². The first-order chi connectivity index (χ1) is 11.6. The van der Waals surface area contributed by atoms with E-state index in [2.05, 4.69) is 10.6 Å². The lowest BCUT2D eigenvalue weighted by atomic mass is 10.1. The van der Waals surface area contributed by atoms with Crippen LogP contribution in [0.1, 0.15) is 55.3 Å². The van der Waals surface area contributed by atoms with Crippen molar-refractivity contribution in [1.29, 1.82) is 0 Å². The van der Waals surface area contributed by atoms with Crippen molar-refractivity contribution in [3.8, 4) is 0 Å². The molecule has 0 radical (unpaired) electrons. The largest absolute Gasteiger partial charge is 0.481 e. The molecule has 1 fully saturated rings. The molecule has 0 atom stereocenters. The number of rotatable bonds is 10. The van der Waals surface area contributed by atoms with Gasteiger partial charge in [0.05, 0.1) is 0 Å². The fourth-order valence-electron chi connectivity index (χ4n) is 2.35. The van der Waals surface area contributed by atoms with Crippen LogP contribution in [0.2, 0.25) is 0 Å². The number of unbranched alkanes of at least 4 members (excludes halogenated alkanes) is 3. The van der Waals surface area contributed by atoms with E-state index in [1.807, 2.05) is 0 Å². The van der Waals surface area contributed by atoms with Crippen LogP contribution in [0, 0.1) is 5.92 Å². The zero-order valence-corrected chi connectivity index (χ0v) is 13.7. The van der Waals surface area contributed by atoms with Crippen molar-refractivity contribution >= 4 is 23.5 Å². The van der Waals surface area contributed by atoms with E-state index in [1.54, 1.807) is 24.3 Å². The molecule has 3 N–H and O–H groups in total. The van der Waals surface area contributed by atoms with E-state index >= 15 is 0 Å². The van der Waals surface area contributed by atoms with Gasteiger partial charge >= 0.3 is 5.97 Å². The fourth-order valence-corrected chi connectivity index (χ4v) is 2.35. The molecular formula is C18H24N2O4. The Morgan fingerprint density at radius 3 is 2.29 bits per heavy atom. The van der Waals surface area contributed by atoms with Gasteiger partial charge in [0.25, 0.3) is 5.91 Å². The van der Waals surface area contributed by atoms with Gasteiger partial charge in [0.1, 0.15) is 0 Å². The summed E-state index contributed by atoms with van der Waals surface area (Å²) >= 11 is 0. The molecule has 130 valence electrons. The number of aliphatic carboxylic acids is 1. The Bertz CT molecular complexity index is 579. The molecule has 1 aliphatic rings. The first-order valence-electron chi connectivity index (χ1n) is 8.47. The standard InChI is InChI=1S/C18H24N2O4/c21-16(22)5-3-1-2-4-12-19-17(23)13-8-10-15(11-9-13)20-18(24)14-6-7-14/h8-11,14H,1-7,12H2,(H,19,23)(H,20,24)(H,21,22). The predicted octanol–water partition coefficient (Wildman–Crippen LogP) is 2.80. The summed E-state index contributed by atoms with van der Waals surface area (Å²) in [5.74, 6) is -0.695. The lowest BCUT2D eigenvalue weighted by molar-refractivity contribution is -0.137. The highest BCUT2D eigenvalue weighted by molar-refractivity contribution is 5.96. The van der Waals surface area contributed by atoms with Crippen LogP contribution in [0.5, 0.6) is 0 Å². The van der Waals surface area contributed by atoms with E-state index in [-0.39, 0.29) is 24.2 Å². The Balaban J connectivity index is 1.63. The van der Waals surface area contributed by atoms with E-state index in [9.17, 15) is 14.4 Å². The van der Waals surface area contributed by atoms with Gasteiger partial charge in [0.15, 0.2) is 0 Å². The van der Waals surface area contributed by atoms with Crippen molar-refractivity contribution in [2.24, 2.45) is 5.92 Å². The topological polar surface area (TPSA) is 95.5 Å². The van der Waals surface area contributed by atoms with E-state index in [0.29, 0.717) is 24.2 Å². The summed E-state index contributed by atoms with van der Waals surface area (Å²) in [6.07, 6.45) is 5.40. The minimum Gasteiger partial charge on any atom is -0.481 e. The number of benzene rings is 1. The third-order valence-electron chi connectivity index (χ3n) is 3.97. The van der Waals surface area contributed by atoms with E-state index in [4.69, 9.17) is 5.11 Å². The van der Waals surface area contributed by atoms with E-state index in [1.165, 1.54) is 0 Å². The molecule has 1 aliphatic carbocycles. The molecule has 0 bridgehead atoms. The van der Waals surface area contributed by atoms with Gasteiger partial charge in [-0.05, 0) is 49.9 Å². The number of anilines is 1. The normalized spacial score (nSPS) is 13.3. The summed E-state index contributed by atoms with van der Waals surface area (Å²) in [6, 6.07) is 6.87. The van der Waals surface area contributed by atoms with E-state index in [0.717, 1.165) is 32.1 Å². The molecule has 2 rings (SSSR count). The second-order valence-electron chi connectivity index (χ2n) is 6.15. The highest BCUT2D eigenvalue weighted by Crippen LogP contribution is 2.30. The van der Waals surface area contributed by atoms with Gasteiger partial charge in [-0.25, -0.2) is 0 Å². The average Bonchev–Trinajstić information content (AvgIpc) is 3.39. The van der Waals surface area contributed by atoms with Crippen molar-refractivity contribution in [3.05, 3.63) is 29.8 Å². The number of amides is 2. The Hall–Kier alpha value is -2.37. The summed E-state index contributed by atoms with van der Waals surface area (Å²) in [4.78, 5) is 34.0. The summed E-state index contributed by atoms with van der Waals surface area (Å²) in [5.41, 5.74) is 1.27. The quantitative estimate of drug-likeness (QED) is 0.574. The Morgan fingerprint density at radius 2 is 1.67 bits per heavy atom. The molecule has 0 spiro atoms. The molecule has 6 heteroatoms. The first kappa shape index (κ1) is 18.0. The molecule has 2 amide bonds. The van der Waals surface area contributed by atoms with Gasteiger partial charge in [-0.3, -0.25) is 14.4 Å². The van der Waals surface area contributed by atoms with Crippen molar-refractivity contribution in [2.75, 3.05) is 11.9 Å². The molecule has 1 saturated carbocycles. The maximum absolute atomic E-state index is 12.0. The number of carboxylic acids is 1. The summed E-state index contributed by atoms with van der Waals surface area (Å²) < 4.78 is 0. The zero-order valence-electron chi connectivity index (χ0n) is 13.7. The second-order valence-corrected chi connectivity index (χ2v) is 6.15. The highest BCUT2D eigenvalue weighted by Gasteiger charge is 2.29. The number of hydrogen-bond donors (Lipinski definition) is 3. The number of hydrogen-bond acceptors (Lipinski definition) is 3. The number of carboxylic acid groups (broad SMARTS) is 1. The fraction of sp³-hybridized carbons (Fsp3) is 0.500. The van der Waals surface area contributed by atoms with Gasteiger partial charge < -0.3 is 15.7 Å². The Labute approximate surface area is 141 Å². The number of nitrogens with one attached hydrogen (secondary N) is 2. The molecule has 0 aromatic heterocycles.